The standard InChI is InChI=1S/C20H22FNO3/c1-20(24,14-9-11-15(25-2)12-10-14)18-8-5-13-22(18)19(23)16-6-3-4-7-17(16)21/h3-4,6-7,9-12,18,24H,5,8,13H2,1-2H3. The van der Waals surface area contributed by atoms with E-state index in [0.29, 0.717) is 24.3 Å². The maximum Gasteiger partial charge on any atom is 0.257 e. The molecule has 0 aromatic heterocycles. The maximum atomic E-state index is 14.0. The molecule has 2 aromatic rings. The van der Waals surface area contributed by atoms with Gasteiger partial charge in [0.15, 0.2) is 0 Å². The lowest BCUT2D eigenvalue weighted by molar-refractivity contribution is -0.0178. The summed E-state index contributed by atoms with van der Waals surface area (Å²) in [6.07, 6.45) is 1.44. The molecule has 1 N–H and O–H groups in total. The summed E-state index contributed by atoms with van der Waals surface area (Å²) in [5.41, 5.74) is -0.490. The topological polar surface area (TPSA) is 49.8 Å². The minimum Gasteiger partial charge on any atom is -0.497 e. The second-order valence-corrected chi connectivity index (χ2v) is 6.51. The summed E-state index contributed by atoms with van der Waals surface area (Å²) in [6.45, 7) is 2.20. The first kappa shape index (κ1) is 17.4. The number of halogens is 1. The van der Waals surface area contributed by atoms with Gasteiger partial charge in [0.2, 0.25) is 0 Å². The third kappa shape index (κ3) is 3.24. The van der Waals surface area contributed by atoms with Crippen molar-refractivity contribution in [2.24, 2.45) is 0 Å². The molecule has 0 bridgehead atoms. The average molecular weight is 343 g/mol. The molecule has 3 rings (SSSR count). The predicted octanol–water partition coefficient (Wildman–Crippen LogP) is 3.35. The molecule has 0 radical (unpaired) electrons. The second-order valence-electron chi connectivity index (χ2n) is 6.51. The molecule has 2 aromatic carbocycles. The van der Waals surface area contributed by atoms with Crippen LogP contribution < -0.4 is 4.74 Å². The SMILES string of the molecule is COc1ccc(C(C)(O)C2CCCN2C(=O)c2ccccc2F)cc1. The Morgan fingerprint density at radius 1 is 1.24 bits per heavy atom. The van der Waals surface area contributed by atoms with E-state index in [0.717, 1.165) is 6.42 Å². The summed E-state index contributed by atoms with van der Waals surface area (Å²) < 4.78 is 19.1. The number of ether oxygens (including phenoxy) is 1. The molecular formula is C20H22FNO3. The van der Waals surface area contributed by atoms with Crippen LogP contribution in [-0.2, 0) is 5.60 Å². The van der Waals surface area contributed by atoms with Gasteiger partial charge in [-0.2, -0.15) is 0 Å². The largest absolute Gasteiger partial charge is 0.497 e. The summed E-state index contributed by atoms with van der Waals surface area (Å²) in [5.74, 6) is -0.220. The van der Waals surface area contributed by atoms with Gasteiger partial charge in [-0.1, -0.05) is 24.3 Å². The molecule has 1 aliphatic rings. The first-order valence-electron chi connectivity index (χ1n) is 8.37. The third-order valence-electron chi connectivity index (χ3n) is 4.94. The normalized spacial score (nSPS) is 19.5. The Hall–Kier alpha value is -2.40. The molecule has 0 aliphatic carbocycles. The number of aliphatic hydroxyl groups is 1. The van der Waals surface area contributed by atoms with Crippen LogP contribution in [0.15, 0.2) is 48.5 Å². The maximum absolute atomic E-state index is 14.0. The third-order valence-corrected chi connectivity index (χ3v) is 4.94. The Kier molecular flexibility index (Phi) is 4.77. The Labute approximate surface area is 146 Å². The summed E-state index contributed by atoms with van der Waals surface area (Å²) >= 11 is 0. The van der Waals surface area contributed by atoms with Gasteiger partial charge in [0.05, 0.1) is 18.7 Å². The van der Waals surface area contributed by atoms with Gasteiger partial charge < -0.3 is 14.7 Å². The van der Waals surface area contributed by atoms with Gasteiger partial charge >= 0.3 is 0 Å². The number of benzene rings is 2. The van der Waals surface area contributed by atoms with E-state index in [-0.39, 0.29) is 11.5 Å². The van der Waals surface area contributed by atoms with Gasteiger partial charge in [-0.25, -0.2) is 4.39 Å². The van der Waals surface area contributed by atoms with E-state index in [1.807, 2.05) is 0 Å². The molecule has 5 heteroatoms. The Morgan fingerprint density at radius 3 is 2.56 bits per heavy atom. The number of hydrogen-bond donors (Lipinski definition) is 1. The highest BCUT2D eigenvalue weighted by atomic mass is 19.1. The van der Waals surface area contributed by atoms with Crippen molar-refractivity contribution in [1.82, 2.24) is 4.90 Å². The van der Waals surface area contributed by atoms with Crippen LogP contribution in [0, 0.1) is 5.82 Å². The molecule has 4 nitrogen and oxygen atoms in total. The summed E-state index contributed by atoms with van der Waals surface area (Å²) in [4.78, 5) is 14.4. The first-order valence-corrected chi connectivity index (χ1v) is 8.37. The van der Waals surface area contributed by atoms with Crippen molar-refractivity contribution >= 4 is 5.91 Å². The number of methoxy groups -OCH3 is 1. The Balaban J connectivity index is 1.89. The van der Waals surface area contributed by atoms with Gasteiger partial charge in [0.1, 0.15) is 17.2 Å². The number of hydrogen-bond acceptors (Lipinski definition) is 3. The molecule has 132 valence electrons. The highest BCUT2D eigenvalue weighted by Gasteiger charge is 2.43. The zero-order valence-corrected chi connectivity index (χ0v) is 14.4. The van der Waals surface area contributed by atoms with Crippen molar-refractivity contribution in [3.05, 3.63) is 65.5 Å². The van der Waals surface area contributed by atoms with E-state index in [2.05, 4.69) is 0 Å². The molecular weight excluding hydrogens is 321 g/mol. The second kappa shape index (κ2) is 6.84. The van der Waals surface area contributed by atoms with E-state index in [4.69, 9.17) is 4.74 Å². The summed E-state index contributed by atoms with van der Waals surface area (Å²) in [5, 5.41) is 11.2. The molecule has 0 saturated carbocycles. The zero-order valence-electron chi connectivity index (χ0n) is 14.4. The fourth-order valence-corrected chi connectivity index (χ4v) is 3.50. The van der Waals surface area contributed by atoms with Crippen LogP contribution in [0.2, 0.25) is 0 Å². The molecule has 1 heterocycles. The van der Waals surface area contributed by atoms with Crippen LogP contribution in [0.25, 0.3) is 0 Å². The summed E-state index contributed by atoms with van der Waals surface area (Å²) in [7, 11) is 1.58. The molecule has 1 fully saturated rings. The molecule has 1 amide bonds. The lowest BCUT2D eigenvalue weighted by atomic mass is 9.86. The van der Waals surface area contributed by atoms with Gasteiger partial charge in [0.25, 0.3) is 5.91 Å². The fraction of sp³-hybridized carbons (Fsp3) is 0.350. The predicted molar refractivity (Wildman–Crippen MR) is 93.0 cm³/mol. The summed E-state index contributed by atoms with van der Waals surface area (Å²) in [6, 6.07) is 12.7. The van der Waals surface area contributed by atoms with Crippen molar-refractivity contribution in [2.75, 3.05) is 13.7 Å². The Bertz CT molecular complexity index is 758. The highest BCUT2D eigenvalue weighted by Crippen LogP contribution is 2.36. The lowest BCUT2D eigenvalue weighted by Crippen LogP contribution is -2.48. The van der Waals surface area contributed by atoms with Gasteiger partial charge in [-0.3, -0.25) is 4.79 Å². The Morgan fingerprint density at radius 2 is 1.92 bits per heavy atom. The quantitative estimate of drug-likeness (QED) is 0.926. The number of rotatable bonds is 4. The van der Waals surface area contributed by atoms with Crippen LogP contribution in [-0.4, -0.2) is 35.6 Å². The molecule has 1 aliphatic heterocycles. The van der Waals surface area contributed by atoms with Crippen LogP contribution >= 0.6 is 0 Å². The van der Waals surface area contributed by atoms with Crippen molar-refractivity contribution < 1.29 is 19.0 Å². The molecule has 2 unspecified atom stereocenters. The number of carbonyl (C=O) groups excluding carboxylic acids is 1. The van der Waals surface area contributed by atoms with Crippen LogP contribution in [0.1, 0.15) is 35.7 Å². The lowest BCUT2D eigenvalue weighted by Gasteiger charge is -2.37. The van der Waals surface area contributed by atoms with Crippen molar-refractivity contribution in [3.63, 3.8) is 0 Å². The minimum atomic E-state index is -1.23. The van der Waals surface area contributed by atoms with Crippen molar-refractivity contribution in [2.45, 2.75) is 31.4 Å². The van der Waals surface area contributed by atoms with Crippen LogP contribution in [0.3, 0.4) is 0 Å². The molecule has 0 spiro atoms. The fourth-order valence-electron chi connectivity index (χ4n) is 3.50. The molecule has 1 saturated heterocycles. The zero-order chi connectivity index (χ0) is 18.0. The highest BCUT2D eigenvalue weighted by molar-refractivity contribution is 5.95. The monoisotopic (exact) mass is 343 g/mol. The van der Waals surface area contributed by atoms with E-state index in [9.17, 15) is 14.3 Å². The van der Waals surface area contributed by atoms with E-state index >= 15 is 0 Å². The number of amides is 1. The van der Waals surface area contributed by atoms with E-state index < -0.39 is 17.5 Å². The number of likely N-dealkylation sites (tertiary alicyclic amines) is 1. The van der Waals surface area contributed by atoms with Crippen molar-refractivity contribution in [1.29, 1.82) is 0 Å². The minimum absolute atomic E-state index is 0.0416. The smallest absolute Gasteiger partial charge is 0.257 e. The van der Waals surface area contributed by atoms with E-state index in [1.54, 1.807) is 55.3 Å². The van der Waals surface area contributed by atoms with Crippen LogP contribution in [0.5, 0.6) is 5.75 Å². The molecule has 25 heavy (non-hydrogen) atoms. The van der Waals surface area contributed by atoms with Crippen molar-refractivity contribution in [3.8, 4) is 5.75 Å². The van der Waals surface area contributed by atoms with Gasteiger partial charge in [0, 0.05) is 6.54 Å². The van der Waals surface area contributed by atoms with Gasteiger partial charge in [-0.15, -0.1) is 0 Å². The van der Waals surface area contributed by atoms with E-state index in [1.165, 1.54) is 12.1 Å². The first-order chi connectivity index (χ1) is 11.9. The van der Waals surface area contributed by atoms with Gasteiger partial charge in [-0.05, 0) is 49.6 Å². The number of carbonyl (C=O) groups is 1. The average Bonchev–Trinajstić information content (AvgIpc) is 3.12. The molecule has 2 atom stereocenters. The van der Waals surface area contributed by atoms with Crippen LogP contribution in [0.4, 0.5) is 4.39 Å². The number of nitrogens with zero attached hydrogens (tertiary/aromatic N) is 1.